The molecule has 1 unspecified atom stereocenters. The average Bonchev–Trinajstić information content (AvgIpc) is 2.44. The number of nitrogens with one attached hydrogen (secondary N) is 2. The van der Waals surface area contributed by atoms with E-state index in [1.807, 2.05) is 0 Å². The third-order valence-electron chi connectivity index (χ3n) is 3.47. The maximum atomic E-state index is 12.2. The van der Waals surface area contributed by atoms with Crippen molar-refractivity contribution < 1.29 is 0 Å². The van der Waals surface area contributed by atoms with Crippen molar-refractivity contribution in [1.29, 1.82) is 0 Å². The summed E-state index contributed by atoms with van der Waals surface area (Å²) in [7, 11) is 0. The molecule has 6 heteroatoms. The molecule has 0 saturated carbocycles. The lowest BCUT2D eigenvalue weighted by molar-refractivity contribution is 0.414. The van der Waals surface area contributed by atoms with Crippen LogP contribution in [0.1, 0.15) is 33.1 Å². The van der Waals surface area contributed by atoms with Gasteiger partial charge in [-0.1, -0.05) is 20.3 Å². The smallest absolute Gasteiger partial charge is 0.283 e. The summed E-state index contributed by atoms with van der Waals surface area (Å²) in [5.41, 5.74) is 0.711. The van der Waals surface area contributed by atoms with Gasteiger partial charge in [0.15, 0.2) is 0 Å². The van der Waals surface area contributed by atoms with E-state index in [9.17, 15) is 4.79 Å². The van der Waals surface area contributed by atoms with Crippen LogP contribution in [0.2, 0.25) is 0 Å². The van der Waals surface area contributed by atoms with Crippen LogP contribution >= 0.6 is 15.9 Å². The number of rotatable bonds is 5. The Morgan fingerprint density at radius 3 is 3.00 bits per heavy atom. The van der Waals surface area contributed by atoms with Crippen molar-refractivity contribution in [2.45, 2.75) is 45.7 Å². The van der Waals surface area contributed by atoms with Crippen molar-refractivity contribution in [1.82, 2.24) is 15.1 Å². The van der Waals surface area contributed by atoms with Gasteiger partial charge in [0.2, 0.25) is 0 Å². The molecule has 0 spiro atoms. The van der Waals surface area contributed by atoms with E-state index in [1.165, 1.54) is 23.9 Å². The third kappa shape index (κ3) is 4.06. The van der Waals surface area contributed by atoms with Crippen molar-refractivity contribution in [3.8, 4) is 0 Å². The van der Waals surface area contributed by atoms with E-state index < -0.39 is 0 Å². The number of hydrogen-bond acceptors (Lipinski definition) is 4. The second-order valence-electron chi connectivity index (χ2n) is 5.78. The number of nitrogens with zero attached hydrogens (tertiary/aromatic N) is 2. The van der Waals surface area contributed by atoms with Crippen LogP contribution in [0.4, 0.5) is 5.69 Å². The number of piperidine rings is 1. The first-order valence-electron chi connectivity index (χ1n) is 7.31. The Bertz CT molecular complexity index is 494. The minimum Gasteiger partial charge on any atom is -0.381 e. The average molecular weight is 343 g/mol. The van der Waals surface area contributed by atoms with Crippen molar-refractivity contribution >= 4 is 21.6 Å². The summed E-state index contributed by atoms with van der Waals surface area (Å²) in [4.78, 5) is 12.2. The Morgan fingerprint density at radius 2 is 2.35 bits per heavy atom. The normalized spacial score (nSPS) is 19.3. The SMILES string of the molecule is CC(C)Cn1ncc(NCC2CCCCN2)c(Br)c1=O. The van der Waals surface area contributed by atoms with Gasteiger partial charge in [-0.05, 0) is 41.2 Å². The summed E-state index contributed by atoms with van der Waals surface area (Å²) in [6, 6.07) is 0.480. The van der Waals surface area contributed by atoms with E-state index in [-0.39, 0.29) is 5.56 Å². The van der Waals surface area contributed by atoms with Crippen LogP contribution in [-0.2, 0) is 6.54 Å². The molecule has 2 rings (SSSR count). The standard InChI is InChI=1S/C14H23BrN4O/c1-10(2)9-19-14(20)13(15)12(8-18-19)17-7-11-5-3-4-6-16-11/h8,10-11,16-17H,3-7,9H2,1-2H3. The molecule has 0 aliphatic carbocycles. The molecule has 1 atom stereocenters. The van der Waals surface area contributed by atoms with E-state index in [0.717, 1.165) is 18.8 Å². The van der Waals surface area contributed by atoms with Gasteiger partial charge in [-0.15, -0.1) is 0 Å². The molecule has 20 heavy (non-hydrogen) atoms. The van der Waals surface area contributed by atoms with E-state index in [2.05, 4.69) is 45.5 Å². The van der Waals surface area contributed by atoms with Gasteiger partial charge in [-0.25, -0.2) is 4.68 Å². The molecule has 1 saturated heterocycles. The number of hydrogen-bond donors (Lipinski definition) is 2. The quantitative estimate of drug-likeness (QED) is 0.861. The fourth-order valence-corrected chi connectivity index (χ4v) is 2.84. The first-order valence-corrected chi connectivity index (χ1v) is 8.10. The topological polar surface area (TPSA) is 59.0 Å². The summed E-state index contributed by atoms with van der Waals surface area (Å²) in [6.07, 6.45) is 5.45. The van der Waals surface area contributed by atoms with Gasteiger partial charge < -0.3 is 10.6 Å². The van der Waals surface area contributed by atoms with Crippen LogP contribution in [0.15, 0.2) is 15.5 Å². The zero-order valence-electron chi connectivity index (χ0n) is 12.2. The van der Waals surface area contributed by atoms with Gasteiger partial charge in [-0.2, -0.15) is 5.10 Å². The van der Waals surface area contributed by atoms with Crippen LogP contribution in [0.25, 0.3) is 0 Å². The second kappa shape index (κ2) is 7.22. The van der Waals surface area contributed by atoms with Crippen molar-refractivity contribution in [2.75, 3.05) is 18.4 Å². The highest BCUT2D eigenvalue weighted by atomic mass is 79.9. The van der Waals surface area contributed by atoms with Crippen LogP contribution in [0.3, 0.4) is 0 Å². The summed E-state index contributed by atoms with van der Waals surface area (Å²) in [5.74, 6) is 0.400. The molecule has 0 bridgehead atoms. The molecule has 2 N–H and O–H groups in total. The first kappa shape index (κ1) is 15.5. The molecule has 1 fully saturated rings. The molecule has 0 radical (unpaired) electrons. The lowest BCUT2D eigenvalue weighted by Gasteiger charge is -2.24. The van der Waals surface area contributed by atoms with Gasteiger partial charge in [-0.3, -0.25) is 4.79 Å². The van der Waals surface area contributed by atoms with Crippen molar-refractivity contribution in [3.63, 3.8) is 0 Å². The lowest BCUT2D eigenvalue weighted by Crippen LogP contribution is -2.39. The Hall–Kier alpha value is -0.880. The highest BCUT2D eigenvalue weighted by Crippen LogP contribution is 2.17. The van der Waals surface area contributed by atoms with Crippen LogP contribution in [0.5, 0.6) is 0 Å². The maximum Gasteiger partial charge on any atom is 0.283 e. The van der Waals surface area contributed by atoms with Crippen LogP contribution in [0, 0.1) is 5.92 Å². The molecule has 0 aromatic carbocycles. The first-order chi connectivity index (χ1) is 9.58. The van der Waals surface area contributed by atoms with E-state index >= 15 is 0 Å². The molecule has 1 aliphatic rings. The number of aromatic nitrogens is 2. The maximum absolute atomic E-state index is 12.2. The second-order valence-corrected chi connectivity index (χ2v) is 6.57. The molecular formula is C14H23BrN4O. The Morgan fingerprint density at radius 1 is 1.55 bits per heavy atom. The Labute approximate surface area is 128 Å². The van der Waals surface area contributed by atoms with Gasteiger partial charge in [0.25, 0.3) is 5.56 Å². The van der Waals surface area contributed by atoms with E-state index in [0.29, 0.717) is 23.0 Å². The van der Waals surface area contributed by atoms with Crippen molar-refractivity contribution in [2.24, 2.45) is 5.92 Å². The summed E-state index contributed by atoms with van der Waals surface area (Å²) < 4.78 is 2.09. The van der Waals surface area contributed by atoms with Gasteiger partial charge in [0.1, 0.15) is 4.47 Å². The molecule has 1 aromatic rings. The lowest BCUT2D eigenvalue weighted by atomic mass is 10.1. The van der Waals surface area contributed by atoms with Gasteiger partial charge >= 0.3 is 0 Å². The zero-order chi connectivity index (χ0) is 14.5. The number of halogens is 1. The largest absolute Gasteiger partial charge is 0.381 e. The molecule has 112 valence electrons. The molecule has 0 amide bonds. The summed E-state index contributed by atoms with van der Waals surface area (Å²) >= 11 is 3.39. The Balaban J connectivity index is 2.01. The molecule has 1 aromatic heterocycles. The predicted octanol–water partition coefficient (Wildman–Crippen LogP) is 2.22. The van der Waals surface area contributed by atoms with Crippen LogP contribution < -0.4 is 16.2 Å². The summed E-state index contributed by atoms with van der Waals surface area (Å²) in [6.45, 7) is 6.70. The molecule has 1 aliphatic heterocycles. The van der Waals surface area contributed by atoms with E-state index in [4.69, 9.17) is 0 Å². The number of anilines is 1. The molecule has 2 heterocycles. The van der Waals surface area contributed by atoms with Crippen molar-refractivity contribution in [3.05, 3.63) is 21.0 Å². The fourth-order valence-electron chi connectivity index (χ4n) is 2.40. The zero-order valence-corrected chi connectivity index (χ0v) is 13.7. The van der Waals surface area contributed by atoms with Gasteiger partial charge in [0, 0.05) is 19.1 Å². The Kier molecular flexibility index (Phi) is 5.60. The highest BCUT2D eigenvalue weighted by molar-refractivity contribution is 9.10. The third-order valence-corrected chi connectivity index (χ3v) is 4.24. The van der Waals surface area contributed by atoms with Gasteiger partial charge in [0.05, 0.1) is 11.9 Å². The minimum atomic E-state index is -0.0692. The highest BCUT2D eigenvalue weighted by Gasteiger charge is 2.14. The molecular weight excluding hydrogens is 320 g/mol. The molecule has 5 nitrogen and oxygen atoms in total. The summed E-state index contributed by atoms with van der Waals surface area (Å²) in [5, 5.41) is 11.0. The van der Waals surface area contributed by atoms with Crippen LogP contribution in [-0.4, -0.2) is 28.9 Å². The monoisotopic (exact) mass is 342 g/mol. The predicted molar refractivity (Wildman–Crippen MR) is 85.2 cm³/mol. The minimum absolute atomic E-state index is 0.0692. The fraction of sp³-hybridized carbons (Fsp3) is 0.714. The van der Waals surface area contributed by atoms with E-state index in [1.54, 1.807) is 6.20 Å².